The number of hydrogen-bond donors (Lipinski definition) is 1. The van der Waals surface area contributed by atoms with Gasteiger partial charge >= 0.3 is 0 Å². The number of allylic oxidation sites excluding steroid dienone is 1. The summed E-state index contributed by atoms with van der Waals surface area (Å²) in [4.78, 5) is 15.3. The summed E-state index contributed by atoms with van der Waals surface area (Å²) < 4.78 is 13.3. The Bertz CT molecular complexity index is 593. The zero-order valence-electron chi connectivity index (χ0n) is 9.27. The lowest BCUT2D eigenvalue weighted by Gasteiger charge is -2.07. The number of carbonyl (C=O) groups is 1. The molecule has 17 heavy (non-hydrogen) atoms. The van der Waals surface area contributed by atoms with E-state index < -0.39 is 5.82 Å². The second kappa shape index (κ2) is 4.74. The Labute approximate surface area is 98.0 Å². The molecular formula is C13H11FN2O. The lowest BCUT2D eigenvalue weighted by atomic mass is 10.1. The van der Waals surface area contributed by atoms with Crippen molar-refractivity contribution in [2.45, 2.75) is 6.92 Å². The molecule has 1 aromatic carbocycles. The highest BCUT2D eigenvalue weighted by Crippen LogP contribution is 2.24. The molecule has 0 atom stereocenters. The second-order valence-corrected chi connectivity index (χ2v) is 3.54. The van der Waals surface area contributed by atoms with Crippen LogP contribution in [0.5, 0.6) is 0 Å². The van der Waals surface area contributed by atoms with Crippen LogP contribution in [0.25, 0.3) is 10.8 Å². The molecule has 2 rings (SSSR count). The van der Waals surface area contributed by atoms with Gasteiger partial charge in [-0.05, 0) is 31.2 Å². The quantitative estimate of drug-likeness (QED) is 0.806. The lowest BCUT2D eigenvalue weighted by Crippen LogP contribution is -2.08. The molecule has 1 aromatic heterocycles. The van der Waals surface area contributed by atoms with Crippen molar-refractivity contribution in [2.24, 2.45) is 0 Å². The zero-order chi connectivity index (χ0) is 12.3. The summed E-state index contributed by atoms with van der Waals surface area (Å²) in [5.41, 5.74) is 0.450. The third-order valence-corrected chi connectivity index (χ3v) is 2.29. The fourth-order valence-corrected chi connectivity index (χ4v) is 1.60. The fourth-order valence-electron chi connectivity index (χ4n) is 1.60. The van der Waals surface area contributed by atoms with E-state index in [9.17, 15) is 9.18 Å². The first kappa shape index (κ1) is 11.3. The summed E-state index contributed by atoms with van der Waals surface area (Å²) in [6.07, 6.45) is 6.17. The Morgan fingerprint density at radius 1 is 1.47 bits per heavy atom. The van der Waals surface area contributed by atoms with Crippen LogP contribution in [0.2, 0.25) is 0 Å². The molecule has 0 fully saturated rings. The number of hydrogen-bond acceptors (Lipinski definition) is 2. The predicted octanol–water partition coefficient (Wildman–Crippen LogP) is 2.89. The number of aromatic nitrogens is 1. The predicted molar refractivity (Wildman–Crippen MR) is 65.1 cm³/mol. The molecule has 3 nitrogen and oxygen atoms in total. The van der Waals surface area contributed by atoms with E-state index in [-0.39, 0.29) is 5.91 Å². The van der Waals surface area contributed by atoms with Crippen molar-refractivity contribution >= 4 is 22.4 Å². The summed E-state index contributed by atoms with van der Waals surface area (Å²) in [6.45, 7) is 1.74. The zero-order valence-corrected chi connectivity index (χ0v) is 9.27. The van der Waals surface area contributed by atoms with Gasteiger partial charge in [0, 0.05) is 23.2 Å². The molecule has 4 heteroatoms. The normalized spacial score (nSPS) is 10.9. The van der Waals surface area contributed by atoms with Crippen LogP contribution in [0.15, 0.2) is 42.7 Å². The molecule has 0 radical (unpaired) electrons. The molecule has 2 aromatic rings. The van der Waals surface area contributed by atoms with Crippen molar-refractivity contribution in [3.05, 3.63) is 48.6 Å². The number of fused-ring (bicyclic) bond motifs is 1. The highest BCUT2D eigenvalue weighted by atomic mass is 19.1. The van der Waals surface area contributed by atoms with Gasteiger partial charge in [-0.25, -0.2) is 4.39 Å². The van der Waals surface area contributed by atoms with Crippen molar-refractivity contribution in [3.63, 3.8) is 0 Å². The number of carbonyl (C=O) groups excluding carboxylic acids is 1. The van der Waals surface area contributed by atoms with Crippen LogP contribution in [0.1, 0.15) is 6.92 Å². The Balaban J connectivity index is 2.49. The summed E-state index contributed by atoms with van der Waals surface area (Å²) in [6, 6.07) is 4.41. The summed E-state index contributed by atoms with van der Waals surface area (Å²) in [5, 5.41) is 4.05. The highest BCUT2D eigenvalue weighted by molar-refractivity contribution is 6.05. The van der Waals surface area contributed by atoms with Gasteiger partial charge in [0.25, 0.3) is 0 Å². The average molecular weight is 230 g/mol. The van der Waals surface area contributed by atoms with Gasteiger partial charge in [0.05, 0.1) is 5.69 Å². The van der Waals surface area contributed by atoms with Crippen molar-refractivity contribution in [2.75, 3.05) is 5.32 Å². The third kappa shape index (κ3) is 2.47. The largest absolute Gasteiger partial charge is 0.322 e. The molecule has 0 saturated carbocycles. The van der Waals surface area contributed by atoms with E-state index in [0.717, 1.165) is 5.39 Å². The summed E-state index contributed by atoms with van der Waals surface area (Å²) in [5.74, 6) is -0.683. The number of amides is 1. The maximum Gasteiger partial charge on any atom is 0.248 e. The third-order valence-electron chi connectivity index (χ3n) is 2.29. The van der Waals surface area contributed by atoms with Gasteiger partial charge in [0.2, 0.25) is 5.91 Å². The first-order valence-electron chi connectivity index (χ1n) is 5.17. The maximum absolute atomic E-state index is 13.3. The molecule has 0 aliphatic heterocycles. The van der Waals surface area contributed by atoms with Crippen LogP contribution in [0, 0.1) is 5.82 Å². The number of benzene rings is 1. The van der Waals surface area contributed by atoms with Crippen LogP contribution in [0.4, 0.5) is 10.1 Å². The lowest BCUT2D eigenvalue weighted by molar-refractivity contribution is -0.111. The minimum absolute atomic E-state index is 0.281. The Hall–Kier alpha value is -2.23. The first-order valence-corrected chi connectivity index (χ1v) is 5.17. The molecule has 0 saturated heterocycles. The number of pyridine rings is 1. The van der Waals surface area contributed by atoms with E-state index in [1.54, 1.807) is 31.5 Å². The van der Waals surface area contributed by atoms with Crippen molar-refractivity contribution < 1.29 is 9.18 Å². The van der Waals surface area contributed by atoms with Crippen LogP contribution < -0.4 is 5.32 Å². The first-order chi connectivity index (χ1) is 8.20. The van der Waals surface area contributed by atoms with Crippen LogP contribution in [-0.2, 0) is 4.79 Å². The maximum atomic E-state index is 13.3. The molecule has 0 unspecified atom stereocenters. The van der Waals surface area contributed by atoms with Gasteiger partial charge < -0.3 is 5.32 Å². The van der Waals surface area contributed by atoms with E-state index in [2.05, 4.69) is 10.3 Å². The molecule has 1 heterocycles. The Morgan fingerprint density at radius 2 is 2.29 bits per heavy atom. The second-order valence-electron chi connectivity index (χ2n) is 3.54. The minimum atomic E-state index is -0.402. The summed E-state index contributed by atoms with van der Waals surface area (Å²) >= 11 is 0. The number of halogens is 1. The van der Waals surface area contributed by atoms with Crippen LogP contribution >= 0.6 is 0 Å². The molecule has 0 spiro atoms. The monoisotopic (exact) mass is 230 g/mol. The molecule has 86 valence electrons. The van der Waals surface area contributed by atoms with Gasteiger partial charge in [-0.1, -0.05) is 6.08 Å². The van der Waals surface area contributed by atoms with Crippen LogP contribution in [0.3, 0.4) is 0 Å². The van der Waals surface area contributed by atoms with Crippen LogP contribution in [-0.4, -0.2) is 10.9 Å². The molecule has 0 aliphatic rings. The van der Waals surface area contributed by atoms with Gasteiger partial charge in [-0.3, -0.25) is 9.78 Å². The van der Waals surface area contributed by atoms with E-state index in [1.807, 2.05) is 0 Å². The van der Waals surface area contributed by atoms with Crippen molar-refractivity contribution in [3.8, 4) is 0 Å². The van der Waals surface area contributed by atoms with E-state index >= 15 is 0 Å². The molecule has 0 aliphatic carbocycles. The molecule has 1 N–H and O–H groups in total. The highest BCUT2D eigenvalue weighted by Gasteiger charge is 2.05. The van der Waals surface area contributed by atoms with E-state index in [0.29, 0.717) is 11.1 Å². The SMILES string of the molecule is C/C=C/C(=O)Nc1cc(F)cc2cnccc12. The Morgan fingerprint density at radius 3 is 3.06 bits per heavy atom. The standard InChI is InChI=1S/C13H11FN2O/c1-2-3-13(17)16-12-7-10(14)6-9-8-15-5-4-11(9)12/h2-8H,1H3,(H,16,17)/b3-2+. The van der Waals surface area contributed by atoms with E-state index in [4.69, 9.17) is 0 Å². The topological polar surface area (TPSA) is 42.0 Å². The van der Waals surface area contributed by atoms with Crippen molar-refractivity contribution in [1.82, 2.24) is 4.98 Å². The number of anilines is 1. The molecule has 1 amide bonds. The van der Waals surface area contributed by atoms with Gasteiger partial charge in [-0.15, -0.1) is 0 Å². The number of nitrogens with zero attached hydrogens (tertiary/aromatic N) is 1. The Kier molecular flexibility index (Phi) is 3.14. The minimum Gasteiger partial charge on any atom is -0.322 e. The molecule has 0 bridgehead atoms. The number of rotatable bonds is 2. The van der Waals surface area contributed by atoms with Gasteiger partial charge in [-0.2, -0.15) is 0 Å². The fraction of sp³-hybridized carbons (Fsp3) is 0.0769. The van der Waals surface area contributed by atoms with Crippen molar-refractivity contribution in [1.29, 1.82) is 0 Å². The van der Waals surface area contributed by atoms with Gasteiger partial charge in [0.1, 0.15) is 5.82 Å². The average Bonchev–Trinajstić information content (AvgIpc) is 2.29. The summed E-state index contributed by atoms with van der Waals surface area (Å²) in [7, 11) is 0. The van der Waals surface area contributed by atoms with Gasteiger partial charge in [0.15, 0.2) is 0 Å². The smallest absolute Gasteiger partial charge is 0.248 e. The van der Waals surface area contributed by atoms with E-state index in [1.165, 1.54) is 18.2 Å². The number of nitrogens with one attached hydrogen (secondary N) is 1. The molecular weight excluding hydrogens is 219 g/mol.